The Labute approximate surface area is 115 Å². The number of aromatic nitrogens is 2. The van der Waals surface area contributed by atoms with Crippen molar-refractivity contribution in [2.24, 2.45) is 0 Å². The van der Waals surface area contributed by atoms with Crippen LogP contribution in [0.25, 0.3) is 5.69 Å². The minimum Gasteiger partial charge on any atom is -0.236 e. The Hall–Kier alpha value is -1.60. The highest BCUT2D eigenvalue weighted by Gasteiger charge is 2.21. The molecule has 1 aromatic heterocycles. The van der Waals surface area contributed by atoms with E-state index in [2.05, 4.69) is 47.9 Å². The maximum Gasteiger partial charge on any atom is 0.163 e. The third-order valence-electron chi connectivity index (χ3n) is 2.66. The smallest absolute Gasteiger partial charge is 0.163 e. The van der Waals surface area contributed by atoms with Gasteiger partial charge < -0.3 is 0 Å². The lowest BCUT2D eigenvalue weighted by molar-refractivity contribution is 0.544. The van der Waals surface area contributed by atoms with Crippen LogP contribution in [0.2, 0.25) is 0 Å². The summed E-state index contributed by atoms with van der Waals surface area (Å²) in [6.07, 6.45) is 0. The highest BCUT2D eigenvalue weighted by Crippen LogP contribution is 2.26. The summed E-state index contributed by atoms with van der Waals surface area (Å²) in [6, 6.07) is 11.8. The van der Waals surface area contributed by atoms with Gasteiger partial charge in [-0.25, -0.2) is 4.68 Å². The van der Waals surface area contributed by atoms with Crippen LogP contribution in [0.5, 0.6) is 0 Å². The third-order valence-corrected chi connectivity index (χ3v) is 3.19. The summed E-state index contributed by atoms with van der Waals surface area (Å²) in [5.41, 5.74) is 2.38. The van der Waals surface area contributed by atoms with Gasteiger partial charge in [0.1, 0.15) is 6.07 Å². The van der Waals surface area contributed by atoms with E-state index in [1.807, 2.05) is 35.0 Å². The number of hydrogen-bond acceptors (Lipinski definition) is 2. The van der Waals surface area contributed by atoms with Gasteiger partial charge in [-0.2, -0.15) is 10.4 Å². The molecule has 2 rings (SSSR count). The van der Waals surface area contributed by atoms with Crippen LogP contribution < -0.4 is 0 Å². The highest BCUT2D eigenvalue weighted by molar-refractivity contribution is 9.10. The Morgan fingerprint density at radius 1 is 1.22 bits per heavy atom. The van der Waals surface area contributed by atoms with Gasteiger partial charge in [0.05, 0.1) is 11.4 Å². The lowest BCUT2D eigenvalue weighted by atomic mass is 9.92. The number of nitrogens with zero attached hydrogens (tertiary/aromatic N) is 3. The Kier molecular flexibility index (Phi) is 3.27. The molecule has 0 aliphatic rings. The summed E-state index contributed by atoms with van der Waals surface area (Å²) < 4.78 is 2.86. The highest BCUT2D eigenvalue weighted by atomic mass is 79.9. The summed E-state index contributed by atoms with van der Waals surface area (Å²) in [5.74, 6) is 0. The fraction of sp³-hybridized carbons (Fsp3) is 0.286. The average molecular weight is 304 g/mol. The van der Waals surface area contributed by atoms with E-state index in [-0.39, 0.29) is 5.41 Å². The second-order valence-corrected chi connectivity index (χ2v) is 6.08. The Balaban J connectivity index is 2.60. The molecule has 0 radical (unpaired) electrons. The van der Waals surface area contributed by atoms with Crippen molar-refractivity contribution in [3.05, 3.63) is 46.2 Å². The standard InChI is InChI=1S/C14H14BrN3/c1-14(2,3)13-8-11(9-16)17-18(13)12-6-4-10(15)5-7-12/h4-8H,1-3H3. The molecule has 0 spiro atoms. The molecule has 92 valence electrons. The van der Waals surface area contributed by atoms with Crippen molar-refractivity contribution in [3.8, 4) is 11.8 Å². The molecule has 0 aliphatic heterocycles. The fourth-order valence-electron chi connectivity index (χ4n) is 1.75. The van der Waals surface area contributed by atoms with Crippen LogP contribution in [0.1, 0.15) is 32.2 Å². The van der Waals surface area contributed by atoms with E-state index >= 15 is 0 Å². The molecule has 0 unspecified atom stereocenters. The van der Waals surface area contributed by atoms with Crippen molar-refractivity contribution in [3.63, 3.8) is 0 Å². The second-order valence-electron chi connectivity index (χ2n) is 5.16. The lowest BCUT2D eigenvalue weighted by Crippen LogP contribution is -2.17. The lowest BCUT2D eigenvalue weighted by Gasteiger charge is -2.20. The summed E-state index contributed by atoms with van der Waals surface area (Å²) in [5, 5.41) is 13.3. The largest absolute Gasteiger partial charge is 0.236 e. The van der Waals surface area contributed by atoms with Gasteiger partial charge in [-0.15, -0.1) is 0 Å². The maximum atomic E-state index is 9.00. The van der Waals surface area contributed by atoms with E-state index in [0.29, 0.717) is 5.69 Å². The van der Waals surface area contributed by atoms with Crippen LogP contribution >= 0.6 is 15.9 Å². The van der Waals surface area contributed by atoms with E-state index in [4.69, 9.17) is 5.26 Å². The van der Waals surface area contributed by atoms with Gasteiger partial charge >= 0.3 is 0 Å². The first-order valence-corrected chi connectivity index (χ1v) is 6.48. The zero-order chi connectivity index (χ0) is 13.3. The van der Waals surface area contributed by atoms with Crippen molar-refractivity contribution in [1.82, 2.24) is 9.78 Å². The molecule has 1 heterocycles. The molecule has 18 heavy (non-hydrogen) atoms. The van der Waals surface area contributed by atoms with Crippen LogP contribution in [0.3, 0.4) is 0 Å². The Bertz CT molecular complexity index is 597. The van der Waals surface area contributed by atoms with Crippen molar-refractivity contribution in [2.45, 2.75) is 26.2 Å². The number of hydrogen-bond donors (Lipinski definition) is 0. The van der Waals surface area contributed by atoms with Gasteiger partial charge in [0, 0.05) is 9.89 Å². The van der Waals surface area contributed by atoms with Crippen LogP contribution in [0.15, 0.2) is 34.8 Å². The van der Waals surface area contributed by atoms with Crippen LogP contribution in [0, 0.1) is 11.3 Å². The second kappa shape index (κ2) is 4.58. The zero-order valence-corrected chi connectivity index (χ0v) is 12.2. The molecule has 0 fully saturated rings. The van der Waals surface area contributed by atoms with E-state index in [1.165, 1.54) is 0 Å². The van der Waals surface area contributed by atoms with Gasteiger partial charge in [-0.1, -0.05) is 36.7 Å². The molecule has 0 bridgehead atoms. The summed E-state index contributed by atoms with van der Waals surface area (Å²) in [6.45, 7) is 6.33. The number of benzene rings is 1. The Morgan fingerprint density at radius 3 is 2.33 bits per heavy atom. The SMILES string of the molecule is CC(C)(C)c1cc(C#N)nn1-c1ccc(Br)cc1. The van der Waals surface area contributed by atoms with E-state index < -0.39 is 0 Å². The zero-order valence-electron chi connectivity index (χ0n) is 10.6. The summed E-state index contributed by atoms with van der Waals surface area (Å²) in [4.78, 5) is 0. The number of rotatable bonds is 1. The van der Waals surface area contributed by atoms with Crippen LogP contribution in [0.4, 0.5) is 0 Å². The molecule has 1 aromatic carbocycles. The van der Waals surface area contributed by atoms with Gasteiger partial charge in [-0.3, -0.25) is 0 Å². The molecule has 4 heteroatoms. The van der Waals surface area contributed by atoms with Gasteiger partial charge in [0.2, 0.25) is 0 Å². The molecule has 2 aromatic rings. The quantitative estimate of drug-likeness (QED) is 0.804. The molecule has 0 amide bonds. The van der Waals surface area contributed by atoms with Crippen molar-refractivity contribution < 1.29 is 0 Å². The molecule has 0 saturated carbocycles. The predicted octanol–water partition coefficient (Wildman–Crippen LogP) is 3.80. The average Bonchev–Trinajstić information content (AvgIpc) is 2.74. The van der Waals surface area contributed by atoms with Crippen molar-refractivity contribution in [2.75, 3.05) is 0 Å². The first-order valence-electron chi connectivity index (χ1n) is 5.68. The number of halogens is 1. The minimum atomic E-state index is -0.0603. The summed E-state index contributed by atoms with van der Waals surface area (Å²) in [7, 11) is 0. The van der Waals surface area contributed by atoms with E-state index in [9.17, 15) is 0 Å². The van der Waals surface area contributed by atoms with Crippen molar-refractivity contribution in [1.29, 1.82) is 5.26 Å². The summed E-state index contributed by atoms with van der Waals surface area (Å²) >= 11 is 3.41. The molecule has 0 aliphatic carbocycles. The third kappa shape index (κ3) is 2.46. The van der Waals surface area contributed by atoms with Crippen LogP contribution in [-0.2, 0) is 5.41 Å². The van der Waals surface area contributed by atoms with Gasteiger partial charge in [0.15, 0.2) is 5.69 Å². The Morgan fingerprint density at radius 2 is 1.83 bits per heavy atom. The predicted molar refractivity (Wildman–Crippen MR) is 74.7 cm³/mol. The normalized spacial score (nSPS) is 11.3. The van der Waals surface area contributed by atoms with Gasteiger partial charge in [-0.05, 0) is 30.3 Å². The van der Waals surface area contributed by atoms with Crippen LogP contribution in [-0.4, -0.2) is 9.78 Å². The monoisotopic (exact) mass is 303 g/mol. The molecular weight excluding hydrogens is 290 g/mol. The topological polar surface area (TPSA) is 41.6 Å². The molecule has 3 nitrogen and oxygen atoms in total. The molecule has 0 N–H and O–H groups in total. The van der Waals surface area contributed by atoms with Crippen molar-refractivity contribution >= 4 is 15.9 Å². The van der Waals surface area contributed by atoms with Gasteiger partial charge in [0.25, 0.3) is 0 Å². The van der Waals surface area contributed by atoms with E-state index in [0.717, 1.165) is 15.9 Å². The molecule has 0 atom stereocenters. The first-order chi connectivity index (χ1) is 8.41. The fourth-order valence-corrected chi connectivity index (χ4v) is 2.01. The maximum absolute atomic E-state index is 9.00. The first kappa shape index (κ1) is 12.8. The minimum absolute atomic E-state index is 0.0603. The molecular formula is C14H14BrN3. The van der Waals surface area contributed by atoms with E-state index in [1.54, 1.807) is 0 Å². The molecule has 0 saturated heterocycles. The number of nitriles is 1.